The largest absolute Gasteiger partial charge is 0.504 e. The first-order chi connectivity index (χ1) is 12.8. The molecule has 0 unspecified atom stereocenters. The molecule has 0 spiro atoms. The summed E-state index contributed by atoms with van der Waals surface area (Å²) >= 11 is 0. The number of aliphatic hydroxyl groups is 1. The van der Waals surface area contributed by atoms with Crippen molar-refractivity contribution in [3.63, 3.8) is 0 Å². The van der Waals surface area contributed by atoms with Crippen molar-refractivity contribution in [2.24, 2.45) is 0 Å². The second kappa shape index (κ2) is 10.6. The Morgan fingerprint density at radius 3 is 2.43 bits per heavy atom. The maximum absolute atomic E-state index is 12.3. The third-order valence-electron chi connectivity index (χ3n) is 4.63. The molecule has 0 saturated carbocycles. The minimum atomic E-state index is -1.11. The molecular weight excluding hydrogens is 382 g/mol. The highest BCUT2D eigenvalue weighted by Crippen LogP contribution is 2.25. The molecule has 0 bridgehead atoms. The molecule has 2 N–H and O–H groups in total. The summed E-state index contributed by atoms with van der Waals surface area (Å²) in [5, 5.41) is 19.1. The molecule has 1 aromatic rings. The number of aliphatic carboxylic acids is 1. The van der Waals surface area contributed by atoms with E-state index in [1.54, 1.807) is 6.20 Å². The summed E-state index contributed by atoms with van der Waals surface area (Å²) in [5.74, 6) is -2.83. The molecule has 1 aromatic heterocycles. The monoisotopic (exact) mass is 405 g/mol. The SMILES string of the molecule is CC1=C(O)C(=O)C(C)=C(/C=C(\CCCCCc2cccnc2)C(=O)O)C1=O.Cl. The van der Waals surface area contributed by atoms with Crippen molar-refractivity contribution in [2.75, 3.05) is 0 Å². The molecule has 6 nitrogen and oxygen atoms in total. The number of allylic oxidation sites excluding steroid dienone is 4. The van der Waals surface area contributed by atoms with Crippen LogP contribution in [0.3, 0.4) is 0 Å². The molecular formula is C21H24ClNO5. The minimum absolute atomic E-state index is 0. The molecule has 0 aromatic carbocycles. The molecule has 0 aliphatic heterocycles. The summed E-state index contributed by atoms with van der Waals surface area (Å²) in [6.45, 7) is 2.77. The molecule has 2 rings (SSSR count). The van der Waals surface area contributed by atoms with Gasteiger partial charge in [0.2, 0.25) is 5.78 Å². The van der Waals surface area contributed by atoms with E-state index in [-0.39, 0.29) is 34.7 Å². The number of Topliss-reactive ketones (excluding diaryl/α,β-unsaturated/α-hetero) is 2. The number of carboxylic acids is 1. The molecule has 1 heterocycles. The summed E-state index contributed by atoms with van der Waals surface area (Å²) in [6.07, 6.45) is 8.39. The van der Waals surface area contributed by atoms with E-state index in [0.717, 1.165) is 24.8 Å². The summed E-state index contributed by atoms with van der Waals surface area (Å²) in [6, 6.07) is 3.88. The van der Waals surface area contributed by atoms with Crippen molar-refractivity contribution in [3.05, 3.63) is 64.2 Å². The van der Waals surface area contributed by atoms with Gasteiger partial charge in [0.15, 0.2) is 11.5 Å². The van der Waals surface area contributed by atoms with Gasteiger partial charge in [-0.25, -0.2) is 4.79 Å². The molecule has 28 heavy (non-hydrogen) atoms. The van der Waals surface area contributed by atoms with Crippen molar-refractivity contribution in [3.8, 4) is 0 Å². The fraction of sp³-hybridized carbons (Fsp3) is 0.333. The van der Waals surface area contributed by atoms with Gasteiger partial charge in [-0.15, -0.1) is 12.4 Å². The number of carbonyl (C=O) groups is 3. The Hall–Kier alpha value is -2.73. The van der Waals surface area contributed by atoms with Crippen LogP contribution in [0.5, 0.6) is 0 Å². The number of hydrogen-bond acceptors (Lipinski definition) is 5. The molecule has 0 saturated heterocycles. The van der Waals surface area contributed by atoms with Gasteiger partial charge in [0.05, 0.1) is 0 Å². The second-order valence-electron chi connectivity index (χ2n) is 6.57. The van der Waals surface area contributed by atoms with E-state index in [4.69, 9.17) is 0 Å². The Balaban J connectivity index is 0.00000392. The van der Waals surface area contributed by atoms with Gasteiger partial charge in [0, 0.05) is 34.7 Å². The molecule has 1 aliphatic carbocycles. The standard InChI is InChI=1S/C21H23NO5.ClH/c1-13-17(18(23)14(2)20(25)19(13)24)11-16(21(26)27)9-5-3-4-7-15-8-6-10-22-12-15;/h6,8,10-12,25H,3-5,7,9H2,1-2H3,(H,26,27);1H/b16-11+;. The number of ketones is 2. The van der Waals surface area contributed by atoms with E-state index >= 15 is 0 Å². The number of pyridine rings is 1. The summed E-state index contributed by atoms with van der Waals surface area (Å²) in [7, 11) is 0. The van der Waals surface area contributed by atoms with Crippen molar-refractivity contribution in [1.29, 1.82) is 0 Å². The quantitative estimate of drug-likeness (QED) is 0.386. The first-order valence-corrected chi connectivity index (χ1v) is 8.85. The Kier molecular flexibility index (Phi) is 8.79. The average Bonchev–Trinajstić information content (AvgIpc) is 2.66. The number of carbonyl (C=O) groups excluding carboxylic acids is 2. The highest BCUT2D eigenvalue weighted by atomic mass is 35.5. The van der Waals surface area contributed by atoms with Gasteiger partial charge in [0.25, 0.3) is 0 Å². The van der Waals surface area contributed by atoms with Gasteiger partial charge in [-0.05, 0) is 57.2 Å². The van der Waals surface area contributed by atoms with Crippen molar-refractivity contribution < 1.29 is 24.6 Å². The number of aromatic nitrogens is 1. The van der Waals surface area contributed by atoms with E-state index in [1.165, 1.54) is 19.9 Å². The van der Waals surface area contributed by atoms with Crippen LogP contribution in [0.1, 0.15) is 45.1 Å². The number of rotatable bonds is 8. The normalized spacial score (nSPS) is 15.0. The van der Waals surface area contributed by atoms with Crippen LogP contribution >= 0.6 is 12.4 Å². The Morgan fingerprint density at radius 2 is 1.82 bits per heavy atom. The number of aryl methyl sites for hydroxylation is 1. The maximum atomic E-state index is 12.3. The van der Waals surface area contributed by atoms with Gasteiger partial charge >= 0.3 is 5.97 Å². The molecule has 0 radical (unpaired) electrons. The number of carboxylic acid groups (broad SMARTS) is 1. The zero-order valence-electron chi connectivity index (χ0n) is 15.9. The Bertz CT molecular complexity index is 853. The van der Waals surface area contributed by atoms with Crippen molar-refractivity contribution in [2.45, 2.75) is 46.0 Å². The number of hydrogen-bond donors (Lipinski definition) is 2. The fourth-order valence-electron chi connectivity index (χ4n) is 2.91. The van der Waals surface area contributed by atoms with Crippen LogP contribution < -0.4 is 0 Å². The number of nitrogens with zero attached hydrogens (tertiary/aromatic N) is 1. The van der Waals surface area contributed by atoms with E-state index < -0.39 is 23.3 Å². The third kappa shape index (κ3) is 5.63. The molecule has 0 amide bonds. The zero-order valence-corrected chi connectivity index (χ0v) is 16.7. The lowest BCUT2D eigenvalue weighted by Gasteiger charge is -2.15. The summed E-state index contributed by atoms with van der Waals surface area (Å²) in [5.41, 5.74) is 1.28. The van der Waals surface area contributed by atoms with Crippen molar-refractivity contribution >= 4 is 29.9 Å². The van der Waals surface area contributed by atoms with E-state index in [0.29, 0.717) is 12.8 Å². The molecule has 0 atom stereocenters. The summed E-state index contributed by atoms with van der Waals surface area (Å²) < 4.78 is 0. The fourth-order valence-corrected chi connectivity index (χ4v) is 2.91. The highest BCUT2D eigenvalue weighted by molar-refractivity contribution is 6.25. The number of aliphatic hydroxyl groups excluding tert-OH is 1. The smallest absolute Gasteiger partial charge is 0.331 e. The van der Waals surface area contributed by atoms with Gasteiger partial charge < -0.3 is 10.2 Å². The predicted octanol–water partition coefficient (Wildman–Crippen LogP) is 3.92. The number of halogens is 1. The highest BCUT2D eigenvalue weighted by Gasteiger charge is 2.29. The minimum Gasteiger partial charge on any atom is -0.504 e. The second-order valence-corrected chi connectivity index (χ2v) is 6.57. The zero-order chi connectivity index (χ0) is 20.0. The van der Waals surface area contributed by atoms with Crippen LogP contribution in [0.25, 0.3) is 0 Å². The lowest BCUT2D eigenvalue weighted by Crippen LogP contribution is -2.21. The van der Waals surface area contributed by atoms with Crippen LogP contribution in [-0.4, -0.2) is 32.7 Å². The first kappa shape index (κ1) is 23.3. The van der Waals surface area contributed by atoms with Gasteiger partial charge in [-0.3, -0.25) is 14.6 Å². The van der Waals surface area contributed by atoms with E-state index in [1.807, 2.05) is 18.3 Å². The van der Waals surface area contributed by atoms with Crippen LogP contribution in [0.15, 0.2) is 58.7 Å². The molecule has 150 valence electrons. The van der Waals surface area contributed by atoms with E-state index in [9.17, 15) is 24.6 Å². The third-order valence-corrected chi connectivity index (χ3v) is 4.63. The van der Waals surface area contributed by atoms with Crippen LogP contribution in [0.4, 0.5) is 0 Å². The van der Waals surface area contributed by atoms with E-state index in [2.05, 4.69) is 4.98 Å². The van der Waals surface area contributed by atoms with Crippen LogP contribution in [0.2, 0.25) is 0 Å². The van der Waals surface area contributed by atoms with Crippen LogP contribution in [-0.2, 0) is 20.8 Å². The van der Waals surface area contributed by atoms with Gasteiger partial charge in [-0.1, -0.05) is 12.5 Å². The average molecular weight is 406 g/mol. The molecule has 7 heteroatoms. The number of unbranched alkanes of at least 4 members (excludes halogenated alkanes) is 2. The lowest BCUT2D eigenvalue weighted by atomic mass is 9.88. The topological polar surface area (TPSA) is 105 Å². The van der Waals surface area contributed by atoms with Gasteiger partial charge in [-0.2, -0.15) is 0 Å². The Labute approximate surface area is 170 Å². The lowest BCUT2D eigenvalue weighted by molar-refractivity contribution is -0.132. The molecule has 0 fully saturated rings. The first-order valence-electron chi connectivity index (χ1n) is 8.85. The summed E-state index contributed by atoms with van der Waals surface area (Å²) in [4.78, 5) is 39.9. The Morgan fingerprint density at radius 1 is 1.11 bits per heavy atom. The maximum Gasteiger partial charge on any atom is 0.331 e. The van der Waals surface area contributed by atoms with Gasteiger partial charge in [0.1, 0.15) is 0 Å². The predicted molar refractivity (Wildman–Crippen MR) is 107 cm³/mol. The van der Waals surface area contributed by atoms with Crippen LogP contribution in [0, 0.1) is 0 Å². The van der Waals surface area contributed by atoms with Crippen molar-refractivity contribution in [1.82, 2.24) is 4.98 Å². The molecule has 1 aliphatic rings.